The summed E-state index contributed by atoms with van der Waals surface area (Å²) in [6, 6.07) is 12.6. The lowest BCUT2D eigenvalue weighted by Gasteiger charge is -2.32. The molecular formula is C21H23Br2N3O2S. The second-order valence-electron chi connectivity index (χ2n) is 7.47. The zero-order valence-corrected chi connectivity index (χ0v) is 20.2. The fraction of sp³-hybridized carbons (Fsp3) is 0.333. The lowest BCUT2D eigenvalue weighted by atomic mass is 10.1. The van der Waals surface area contributed by atoms with Crippen LogP contribution in [0.5, 0.6) is 0 Å². The zero-order chi connectivity index (χ0) is 20.6. The van der Waals surface area contributed by atoms with Crippen LogP contribution in [0.3, 0.4) is 0 Å². The van der Waals surface area contributed by atoms with Crippen molar-refractivity contribution in [3.63, 3.8) is 0 Å². The van der Waals surface area contributed by atoms with Crippen molar-refractivity contribution in [3.05, 3.63) is 63.2 Å². The van der Waals surface area contributed by atoms with Crippen LogP contribution in [0.15, 0.2) is 62.5 Å². The van der Waals surface area contributed by atoms with Gasteiger partial charge in [0, 0.05) is 53.3 Å². The van der Waals surface area contributed by atoms with Gasteiger partial charge in [-0.3, -0.25) is 0 Å². The predicted octanol–water partition coefficient (Wildman–Crippen LogP) is 4.19. The molecule has 2 aromatic carbocycles. The third-order valence-corrected chi connectivity index (χ3v) is 8.12. The molecule has 2 heterocycles. The molecule has 4 rings (SSSR count). The summed E-state index contributed by atoms with van der Waals surface area (Å²) in [4.78, 5) is 5.06. The van der Waals surface area contributed by atoms with Crippen LogP contribution in [0.25, 0.3) is 10.9 Å². The first-order valence-corrected chi connectivity index (χ1v) is 12.6. The first-order chi connectivity index (χ1) is 13.8. The van der Waals surface area contributed by atoms with E-state index in [1.54, 1.807) is 24.4 Å². The van der Waals surface area contributed by atoms with Gasteiger partial charge < -0.3 is 9.80 Å². The molecule has 0 saturated carbocycles. The van der Waals surface area contributed by atoms with Gasteiger partial charge >= 0.3 is 0 Å². The van der Waals surface area contributed by atoms with Gasteiger partial charge in [-0.15, -0.1) is 0 Å². The third kappa shape index (κ3) is 4.46. The van der Waals surface area contributed by atoms with Crippen molar-refractivity contribution in [1.29, 1.82) is 0 Å². The summed E-state index contributed by atoms with van der Waals surface area (Å²) in [6.45, 7) is 5.18. The highest BCUT2D eigenvalue weighted by atomic mass is 79.9. The standard InChI is InChI=1S/C21H23Br2N3O2S/c1-24-9-11-25(12-10-24)8-7-16-15-26(21-6-5-18(23)14-20(16)21)29(27,28)19-4-2-3-17(22)13-19/h2-6,13-15H,7-12H2,1H3. The Kier molecular flexibility index (Phi) is 6.18. The van der Waals surface area contributed by atoms with Gasteiger partial charge in [0.1, 0.15) is 0 Å². The fourth-order valence-electron chi connectivity index (χ4n) is 3.73. The van der Waals surface area contributed by atoms with E-state index in [1.165, 1.54) is 3.97 Å². The first-order valence-electron chi connectivity index (χ1n) is 9.56. The van der Waals surface area contributed by atoms with Crippen LogP contribution in [-0.2, 0) is 16.4 Å². The molecule has 0 N–H and O–H groups in total. The van der Waals surface area contributed by atoms with E-state index in [0.29, 0.717) is 5.52 Å². The summed E-state index contributed by atoms with van der Waals surface area (Å²) in [6.07, 6.45) is 2.61. The van der Waals surface area contributed by atoms with Crippen molar-refractivity contribution in [2.75, 3.05) is 39.8 Å². The number of fused-ring (bicyclic) bond motifs is 1. The maximum atomic E-state index is 13.4. The van der Waals surface area contributed by atoms with Gasteiger partial charge in [-0.1, -0.05) is 37.9 Å². The highest BCUT2D eigenvalue weighted by Gasteiger charge is 2.22. The van der Waals surface area contributed by atoms with E-state index in [0.717, 1.165) is 59.0 Å². The van der Waals surface area contributed by atoms with E-state index in [1.807, 2.05) is 24.3 Å². The molecule has 1 aromatic heterocycles. The average molecular weight is 541 g/mol. The average Bonchev–Trinajstić information content (AvgIpc) is 3.06. The summed E-state index contributed by atoms with van der Waals surface area (Å²) in [7, 11) is -1.53. The molecule has 3 aromatic rings. The van der Waals surface area contributed by atoms with Crippen LogP contribution in [0.2, 0.25) is 0 Å². The molecule has 0 radical (unpaired) electrons. The first kappa shape index (κ1) is 21.1. The summed E-state index contributed by atoms with van der Waals surface area (Å²) in [5, 5.41) is 0.979. The summed E-state index contributed by atoms with van der Waals surface area (Å²) in [5.41, 5.74) is 1.76. The van der Waals surface area contributed by atoms with Crippen molar-refractivity contribution < 1.29 is 8.42 Å². The normalized spacial score (nSPS) is 16.5. The van der Waals surface area contributed by atoms with Crippen molar-refractivity contribution in [2.24, 2.45) is 0 Å². The highest BCUT2D eigenvalue weighted by Crippen LogP contribution is 2.30. The van der Waals surface area contributed by atoms with Crippen LogP contribution in [-0.4, -0.2) is 62.0 Å². The Bertz CT molecular complexity index is 1140. The summed E-state index contributed by atoms with van der Waals surface area (Å²) >= 11 is 6.91. The molecule has 0 bridgehead atoms. The van der Waals surface area contributed by atoms with E-state index in [9.17, 15) is 8.42 Å². The van der Waals surface area contributed by atoms with Gasteiger partial charge in [0.25, 0.3) is 10.0 Å². The van der Waals surface area contributed by atoms with Crippen molar-refractivity contribution in [1.82, 2.24) is 13.8 Å². The number of likely N-dealkylation sites (N-methyl/N-ethyl adjacent to an activating group) is 1. The van der Waals surface area contributed by atoms with Gasteiger partial charge in [0.05, 0.1) is 10.4 Å². The predicted molar refractivity (Wildman–Crippen MR) is 124 cm³/mol. The topological polar surface area (TPSA) is 45.5 Å². The maximum Gasteiger partial charge on any atom is 0.268 e. The van der Waals surface area contributed by atoms with E-state index in [4.69, 9.17) is 0 Å². The molecule has 1 saturated heterocycles. The minimum absolute atomic E-state index is 0.275. The Morgan fingerprint density at radius 2 is 1.69 bits per heavy atom. The van der Waals surface area contributed by atoms with E-state index >= 15 is 0 Å². The largest absolute Gasteiger partial charge is 0.304 e. The molecule has 0 spiro atoms. The van der Waals surface area contributed by atoms with Crippen LogP contribution in [0, 0.1) is 0 Å². The monoisotopic (exact) mass is 539 g/mol. The molecule has 0 unspecified atom stereocenters. The number of rotatable bonds is 5. The second-order valence-corrected chi connectivity index (χ2v) is 11.1. The molecule has 0 amide bonds. The van der Waals surface area contributed by atoms with Gasteiger partial charge in [0.15, 0.2) is 0 Å². The second kappa shape index (κ2) is 8.51. The van der Waals surface area contributed by atoms with Gasteiger partial charge in [-0.05, 0) is 55.4 Å². The van der Waals surface area contributed by atoms with Crippen LogP contribution >= 0.6 is 31.9 Å². The van der Waals surface area contributed by atoms with Gasteiger partial charge in [0.2, 0.25) is 0 Å². The smallest absolute Gasteiger partial charge is 0.268 e. The lowest BCUT2D eigenvalue weighted by molar-refractivity contribution is 0.155. The Morgan fingerprint density at radius 1 is 0.966 bits per heavy atom. The maximum absolute atomic E-state index is 13.4. The SMILES string of the molecule is CN1CCN(CCc2cn(S(=O)(=O)c3cccc(Br)c3)c3ccc(Br)cc23)CC1. The number of nitrogens with zero attached hydrogens (tertiary/aromatic N) is 3. The number of aromatic nitrogens is 1. The van der Waals surface area contributed by atoms with Gasteiger partial charge in [-0.25, -0.2) is 12.4 Å². The Morgan fingerprint density at radius 3 is 2.41 bits per heavy atom. The highest BCUT2D eigenvalue weighted by molar-refractivity contribution is 9.10. The number of benzene rings is 2. The lowest BCUT2D eigenvalue weighted by Crippen LogP contribution is -2.45. The van der Waals surface area contributed by atoms with Crippen LogP contribution in [0.1, 0.15) is 5.56 Å². The Balaban J connectivity index is 1.70. The molecule has 1 aliphatic heterocycles. The van der Waals surface area contributed by atoms with Crippen molar-refractivity contribution >= 4 is 52.8 Å². The minimum Gasteiger partial charge on any atom is -0.304 e. The molecule has 8 heteroatoms. The number of piperazine rings is 1. The molecule has 154 valence electrons. The summed E-state index contributed by atoms with van der Waals surface area (Å²) in [5.74, 6) is 0. The number of hydrogen-bond donors (Lipinski definition) is 0. The molecule has 0 aliphatic carbocycles. The van der Waals surface area contributed by atoms with Gasteiger partial charge in [-0.2, -0.15) is 0 Å². The fourth-order valence-corrected chi connectivity index (χ4v) is 6.08. The quantitative estimate of drug-likeness (QED) is 0.486. The van der Waals surface area contributed by atoms with E-state index in [-0.39, 0.29) is 4.90 Å². The molecular weight excluding hydrogens is 518 g/mol. The molecule has 5 nitrogen and oxygen atoms in total. The Hall–Kier alpha value is -1.19. The van der Waals surface area contributed by atoms with E-state index < -0.39 is 10.0 Å². The number of halogens is 2. The molecule has 29 heavy (non-hydrogen) atoms. The van der Waals surface area contributed by atoms with Crippen LogP contribution < -0.4 is 0 Å². The Labute approximate surface area is 188 Å². The minimum atomic E-state index is -3.68. The van der Waals surface area contributed by atoms with Crippen molar-refractivity contribution in [3.8, 4) is 0 Å². The molecule has 1 aliphatic rings. The third-order valence-electron chi connectivity index (χ3n) is 5.46. The number of hydrogen-bond acceptors (Lipinski definition) is 4. The molecule has 1 fully saturated rings. The van der Waals surface area contributed by atoms with Crippen LogP contribution in [0.4, 0.5) is 0 Å². The molecule has 0 atom stereocenters. The summed E-state index contributed by atoms with van der Waals surface area (Å²) < 4.78 is 29.8. The van der Waals surface area contributed by atoms with Crippen molar-refractivity contribution in [2.45, 2.75) is 11.3 Å². The zero-order valence-electron chi connectivity index (χ0n) is 16.2. The van der Waals surface area contributed by atoms with E-state index in [2.05, 4.69) is 48.7 Å².